The minimum atomic E-state index is 0.480. The first-order valence-electron chi connectivity index (χ1n) is 3.02. The monoisotopic (exact) mass is 127 g/mol. The summed E-state index contributed by atoms with van der Waals surface area (Å²) >= 11 is 0. The molecular formula is C7H11O2. The third-order valence-electron chi connectivity index (χ3n) is 0.912. The average Bonchev–Trinajstić information content (AvgIpc) is 1.89. The molecule has 0 saturated heterocycles. The van der Waals surface area contributed by atoms with Crippen LogP contribution in [0, 0.1) is 0 Å². The molecular weight excluding hydrogens is 116 g/mol. The number of hydrogen-bond donors (Lipinski definition) is 0. The van der Waals surface area contributed by atoms with Crippen LogP contribution in [0.3, 0.4) is 0 Å². The van der Waals surface area contributed by atoms with Gasteiger partial charge in [-0.1, -0.05) is 12.2 Å². The number of rotatable bonds is 5. The van der Waals surface area contributed by atoms with E-state index in [1.807, 2.05) is 19.1 Å². The van der Waals surface area contributed by atoms with E-state index < -0.39 is 0 Å². The SMILES string of the molecule is CC=CCCCO[C]=O. The summed E-state index contributed by atoms with van der Waals surface area (Å²) in [5, 5.41) is 0. The normalized spacial score (nSPS) is 9.89. The summed E-state index contributed by atoms with van der Waals surface area (Å²) in [5.74, 6) is 0. The topological polar surface area (TPSA) is 26.3 Å². The molecule has 0 aliphatic rings. The van der Waals surface area contributed by atoms with Crippen LogP contribution in [0.2, 0.25) is 0 Å². The van der Waals surface area contributed by atoms with E-state index in [1.54, 1.807) is 0 Å². The lowest BCUT2D eigenvalue weighted by Crippen LogP contribution is -1.89. The van der Waals surface area contributed by atoms with Crippen LogP contribution in [0.25, 0.3) is 0 Å². The molecule has 0 amide bonds. The predicted molar refractivity (Wildman–Crippen MR) is 35.7 cm³/mol. The van der Waals surface area contributed by atoms with Crippen molar-refractivity contribution in [1.29, 1.82) is 0 Å². The Bertz CT molecular complexity index is 86.9. The van der Waals surface area contributed by atoms with Gasteiger partial charge in [0.2, 0.25) is 0 Å². The summed E-state index contributed by atoms with van der Waals surface area (Å²) in [5.41, 5.74) is 0. The van der Waals surface area contributed by atoms with Gasteiger partial charge in [-0.25, -0.2) is 4.79 Å². The summed E-state index contributed by atoms with van der Waals surface area (Å²) in [4.78, 5) is 9.47. The Kier molecular flexibility index (Phi) is 6.58. The van der Waals surface area contributed by atoms with Crippen LogP contribution in [0.4, 0.5) is 0 Å². The highest BCUT2D eigenvalue weighted by molar-refractivity contribution is 5.37. The van der Waals surface area contributed by atoms with E-state index in [9.17, 15) is 4.79 Å². The maximum absolute atomic E-state index is 9.47. The molecule has 9 heavy (non-hydrogen) atoms. The number of unbranched alkanes of at least 4 members (excludes halogenated alkanes) is 1. The Balaban J connectivity index is 2.82. The summed E-state index contributed by atoms with van der Waals surface area (Å²) < 4.78 is 4.34. The number of hydrogen-bond acceptors (Lipinski definition) is 2. The van der Waals surface area contributed by atoms with Gasteiger partial charge in [0.15, 0.2) is 0 Å². The van der Waals surface area contributed by atoms with Crippen molar-refractivity contribution in [2.75, 3.05) is 6.61 Å². The van der Waals surface area contributed by atoms with Crippen LogP contribution < -0.4 is 0 Å². The lowest BCUT2D eigenvalue weighted by atomic mass is 10.3. The summed E-state index contributed by atoms with van der Waals surface area (Å²) in [7, 11) is 0. The van der Waals surface area contributed by atoms with Crippen molar-refractivity contribution in [3.63, 3.8) is 0 Å². The third kappa shape index (κ3) is 7.21. The smallest absolute Gasteiger partial charge is 0.417 e. The lowest BCUT2D eigenvalue weighted by molar-refractivity contribution is 0.274. The van der Waals surface area contributed by atoms with Crippen molar-refractivity contribution in [3.05, 3.63) is 12.2 Å². The molecule has 51 valence electrons. The quantitative estimate of drug-likeness (QED) is 0.412. The first-order valence-corrected chi connectivity index (χ1v) is 3.02. The second-order valence-electron chi connectivity index (χ2n) is 1.64. The van der Waals surface area contributed by atoms with Crippen LogP contribution in [0.15, 0.2) is 12.2 Å². The highest BCUT2D eigenvalue weighted by atomic mass is 16.5. The van der Waals surface area contributed by atoms with Crippen molar-refractivity contribution >= 4 is 6.47 Å². The van der Waals surface area contributed by atoms with Gasteiger partial charge in [0, 0.05) is 0 Å². The average molecular weight is 127 g/mol. The number of allylic oxidation sites excluding steroid dienone is 2. The molecule has 0 unspecified atom stereocenters. The summed E-state index contributed by atoms with van der Waals surface area (Å²) in [6.07, 6.45) is 5.87. The minimum Gasteiger partial charge on any atom is -0.457 e. The van der Waals surface area contributed by atoms with E-state index >= 15 is 0 Å². The molecule has 0 heterocycles. The molecule has 0 bridgehead atoms. The molecule has 0 fully saturated rings. The van der Waals surface area contributed by atoms with Gasteiger partial charge in [-0.05, 0) is 19.8 Å². The van der Waals surface area contributed by atoms with E-state index in [0.29, 0.717) is 6.61 Å². The molecule has 0 atom stereocenters. The Morgan fingerprint density at radius 3 is 3.00 bits per heavy atom. The molecule has 2 nitrogen and oxygen atoms in total. The predicted octanol–water partition coefficient (Wildman–Crippen LogP) is 1.43. The molecule has 1 radical (unpaired) electrons. The molecule has 0 saturated carbocycles. The van der Waals surface area contributed by atoms with E-state index in [0.717, 1.165) is 12.8 Å². The molecule has 0 aliphatic heterocycles. The third-order valence-corrected chi connectivity index (χ3v) is 0.912. The maximum Gasteiger partial charge on any atom is 0.417 e. The van der Waals surface area contributed by atoms with E-state index in [1.165, 1.54) is 6.47 Å². The van der Waals surface area contributed by atoms with E-state index in [4.69, 9.17) is 0 Å². The van der Waals surface area contributed by atoms with Crippen LogP contribution in [0.1, 0.15) is 19.8 Å². The van der Waals surface area contributed by atoms with Crippen molar-refractivity contribution in [1.82, 2.24) is 0 Å². The molecule has 0 rings (SSSR count). The minimum absolute atomic E-state index is 0.480. The van der Waals surface area contributed by atoms with Gasteiger partial charge in [-0.2, -0.15) is 0 Å². The van der Waals surface area contributed by atoms with Crippen molar-refractivity contribution in [3.8, 4) is 0 Å². The van der Waals surface area contributed by atoms with Gasteiger partial charge in [0.25, 0.3) is 0 Å². The molecule has 2 heteroatoms. The van der Waals surface area contributed by atoms with E-state index in [-0.39, 0.29) is 0 Å². The molecule has 0 spiro atoms. The largest absolute Gasteiger partial charge is 0.457 e. The highest BCUT2D eigenvalue weighted by Gasteiger charge is 1.82. The fraction of sp³-hybridized carbons (Fsp3) is 0.571. The maximum atomic E-state index is 9.47. The Morgan fingerprint density at radius 2 is 2.44 bits per heavy atom. The number of carbonyl (C=O) groups excluding carboxylic acids is 1. The van der Waals surface area contributed by atoms with Gasteiger partial charge in [-0.15, -0.1) is 0 Å². The van der Waals surface area contributed by atoms with Gasteiger partial charge in [-0.3, -0.25) is 0 Å². The lowest BCUT2D eigenvalue weighted by Gasteiger charge is -1.91. The van der Waals surface area contributed by atoms with Crippen LogP contribution >= 0.6 is 0 Å². The summed E-state index contributed by atoms with van der Waals surface area (Å²) in [6.45, 7) is 3.82. The van der Waals surface area contributed by atoms with Crippen molar-refractivity contribution < 1.29 is 9.53 Å². The standard InChI is InChI=1S/C7H11O2/c1-2-3-4-5-6-9-7-8/h2-3H,4-6H2,1H3. The van der Waals surface area contributed by atoms with Crippen LogP contribution in [-0.2, 0) is 9.53 Å². The van der Waals surface area contributed by atoms with Gasteiger partial charge < -0.3 is 4.74 Å². The molecule has 0 aromatic heterocycles. The van der Waals surface area contributed by atoms with Crippen molar-refractivity contribution in [2.45, 2.75) is 19.8 Å². The van der Waals surface area contributed by atoms with Crippen molar-refractivity contribution in [2.24, 2.45) is 0 Å². The Hall–Kier alpha value is -0.790. The van der Waals surface area contributed by atoms with Crippen LogP contribution in [0.5, 0.6) is 0 Å². The Morgan fingerprint density at radius 1 is 1.67 bits per heavy atom. The zero-order valence-corrected chi connectivity index (χ0v) is 5.59. The highest BCUT2D eigenvalue weighted by Crippen LogP contribution is 1.89. The fourth-order valence-electron chi connectivity index (χ4n) is 0.482. The zero-order valence-electron chi connectivity index (χ0n) is 5.59. The summed E-state index contributed by atoms with van der Waals surface area (Å²) in [6, 6.07) is 0. The molecule has 0 aromatic rings. The first kappa shape index (κ1) is 8.21. The molecule has 0 aliphatic carbocycles. The first-order chi connectivity index (χ1) is 4.41. The van der Waals surface area contributed by atoms with Gasteiger partial charge in [0.05, 0.1) is 6.61 Å². The molecule has 0 N–H and O–H groups in total. The van der Waals surface area contributed by atoms with Gasteiger partial charge >= 0.3 is 6.47 Å². The molecule has 0 aromatic carbocycles. The fourth-order valence-corrected chi connectivity index (χ4v) is 0.482. The second-order valence-corrected chi connectivity index (χ2v) is 1.64. The zero-order chi connectivity index (χ0) is 6.95. The Labute approximate surface area is 55.5 Å². The van der Waals surface area contributed by atoms with E-state index in [2.05, 4.69) is 4.74 Å². The number of ether oxygens (including phenoxy) is 1. The van der Waals surface area contributed by atoms with Crippen LogP contribution in [-0.4, -0.2) is 13.1 Å². The van der Waals surface area contributed by atoms with Gasteiger partial charge in [0.1, 0.15) is 0 Å². The second kappa shape index (κ2) is 7.21.